The third-order valence-electron chi connectivity index (χ3n) is 3.98. The molecular formula is C14H17NO3. The highest BCUT2D eigenvalue weighted by molar-refractivity contribution is 5.97. The Morgan fingerprint density at radius 3 is 2.83 bits per heavy atom. The molecular weight excluding hydrogens is 230 g/mol. The zero-order valence-electron chi connectivity index (χ0n) is 10.5. The zero-order valence-corrected chi connectivity index (χ0v) is 10.5. The molecule has 0 unspecified atom stereocenters. The number of anilines is 1. The number of hydrogen-bond acceptors (Lipinski definition) is 3. The van der Waals surface area contributed by atoms with Crippen molar-refractivity contribution in [3.8, 4) is 11.5 Å². The fourth-order valence-corrected chi connectivity index (χ4v) is 2.81. The summed E-state index contributed by atoms with van der Waals surface area (Å²) in [5.41, 5.74) is 0.413. The van der Waals surface area contributed by atoms with Gasteiger partial charge in [-0.1, -0.05) is 12.8 Å². The van der Waals surface area contributed by atoms with Crippen LogP contribution in [-0.2, 0) is 4.79 Å². The van der Waals surface area contributed by atoms with E-state index >= 15 is 0 Å². The van der Waals surface area contributed by atoms with Crippen LogP contribution >= 0.6 is 0 Å². The largest absolute Gasteiger partial charge is 0.497 e. The van der Waals surface area contributed by atoms with Crippen molar-refractivity contribution in [1.29, 1.82) is 0 Å². The molecule has 3 rings (SSSR count). The van der Waals surface area contributed by atoms with E-state index in [4.69, 9.17) is 9.47 Å². The molecule has 1 aromatic carbocycles. The predicted octanol–water partition coefficient (Wildman–Crippen LogP) is 2.59. The molecule has 0 radical (unpaired) electrons. The molecule has 1 fully saturated rings. The molecule has 1 aliphatic carbocycles. The number of ether oxygens (including phenoxy) is 2. The Hall–Kier alpha value is -1.71. The molecule has 1 saturated carbocycles. The van der Waals surface area contributed by atoms with Crippen molar-refractivity contribution >= 4 is 11.6 Å². The zero-order chi connectivity index (χ0) is 12.6. The van der Waals surface area contributed by atoms with Crippen molar-refractivity contribution in [2.75, 3.05) is 19.0 Å². The highest BCUT2D eigenvalue weighted by Gasteiger charge is 2.43. The molecule has 4 nitrogen and oxygen atoms in total. The van der Waals surface area contributed by atoms with Crippen LogP contribution in [0, 0.1) is 5.41 Å². The molecule has 1 spiro atoms. The van der Waals surface area contributed by atoms with Gasteiger partial charge >= 0.3 is 0 Å². The van der Waals surface area contributed by atoms with Crippen LogP contribution < -0.4 is 14.8 Å². The van der Waals surface area contributed by atoms with Gasteiger partial charge in [-0.15, -0.1) is 0 Å². The lowest BCUT2D eigenvalue weighted by Gasteiger charge is -2.23. The fourth-order valence-electron chi connectivity index (χ4n) is 2.81. The van der Waals surface area contributed by atoms with Crippen LogP contribution in [-0.4, -0.2) is 19.6 Å². The molecule has 1 amide bonds. The molecule has 1 aliphatic heterocycles. The Kier molecular flexibility index (Phi) is 2.65. The van der Waals surface area contributed by atoms with E-state index in [1.165, 1.54) is 0 Å². The molecule has 0 aromatic heterocycles. The van der Waals surface area contributed by atoms with Crippen LogP contribution in [0.5, 0.6) is 11.5 Å². The summed E-state index contributed by atoms with van der Waals surface area (Å²) in [6.45, 7) is 0.471. The maximum Gasteiger partial charge on any atom is 0.234 e. The van der Waals surface area contributed by atoms with Gasteiger partial charge in [0, 0.05) is 6.07 Å². The molecule has 0 bridgehead atoms. The maximum atomic E-state index is 12.3. The first-order valence-corrected chi connectivity index (χ1v) is 6.36. The fraction of sp³-hybridized carbons (Fsp3) is 0.500. The van der Waals surface area contributed by atoms with Crippen molar-refractivity contribution < 1.29 is 14.3 Å². The van der Waals surface area contributed by atoms with Crippen molar-refractivity contribution in [3.05, 3.63) is 18.2 Å². The van der Waals surface area contributed by atoms with E-state index in [0.717, 1.165) is 37.1 Å². The maximum absolute atomic E-state index is 12.3. The second kappa shape index (κ2) is 4.19. The standard InChI is InChI=1S/C14H17NO3/c1-17-10-4-5-11-12(8-10)18-9-14(13(16)15-11)6-2-3-7-14/h4-5,8H,2-3,6-7,9H2,1H3,(H,15,16). The molecule has 0 atom stereocenters. The van der Waals surface area contributed by atoms with Gasteiger partial charge in [0.25, 0.3) is 0 Å². The number of carbonyl (C=O) groups excluding carboxylic acids is 1. The highest BCUT2D eigenvalue weighted by atomic mass is 16.5. The van der Waals surface area contributed by atoms with Crippen LogP contribution in [0.1, 0.15) is 25.7 Å². The van der Waals surface area contributed by atoms with Gasteiger partial charge in [-0.05, 0) is 25.0 Å². The Labute approximate surface area is 106 Å². The quantitative estimate of drug-likeness (QED) is 0.829. The van der Waals surface area contributed by atoms with Crippen molar-refractivity contribution in [2.45, 2.75) is 25.7 Å². The first-order chi connectivity index (χ1) is 8.73. The molecule has 96 valence electrons. The van der Waals surface area contributed by atoms with Crippen LogP contribution in [0.25, 0.3) is 0 Å². The number of nitrogens with one attached hydrogen (secondary N) is 1. The summed E-state index contributed by atoms with van der Waals surface area (Å²) < 4.78 is 11.0. The molecule has 2 aliphatic rings. The minimum Gasteiger partial charge on any atom is -0.497 e. The van der Waals surface area contributed by atoms with Crippen LogP contribution in [0.2, 0.25) is 0 Å². The van der Waals surface area contributed by atoms with E-state index < -0.39 is 0 Å². The van der Waals surface area contributed by atoms with Gasteiger partial charge in [-0.25, -0.2) is 0 Å². The molecule has 1 heterocycles. The lowest BCUT2D eigenvalue weighted by molar-refractivity contribution is -0.126. The second-order valence-electron chi connectivity index (χ2n) is 5.09. The van der Waals surface area contributed by atoms with Crippen LogP contribution in [0.3, 0.4) is 0 Å². The summed E-state index contributed by atoms with van der Waals surface area (Å²) in [5, 5.41) is 2.99. The first kappa shape index (κ1) is 11.4. The molecule has 1 aromatic rings. The summed E-state index contributed by atoms with van der Waals surface area (Å²) in [6, 6.07) is 5.48. The number of fused-ring (bicyclic) bond motifs is 1. The Morgan fingerprint density at radius 2 is 2.11 bits per heavy atom. The van der Waals surface area contributed by atoms with E-state index in [1.807, 2.05) is 18.2 Å². The van der Waals surface area contributed by atoms with E-state index in [0.29, 0.717) is 12.4 Å². The lowest BCUT2D eigenvalue weighted by atomic mass is 9.86. The third-order valence-corrected chi connectivity index (χ3v) is 3.98. The number of hydrogen-bond donors (Lipinski definition) is 1. The minimum atomic E-state index is -0.327. The number of amides is 1. The Balaban J connectivity index is 1.93. The number of carbonyl (C=O) groups is 1. The average molecular weight is 247 g/mol. The lowest BCUT2D eigenvalue weighted by Crippen LogP contribution is -2.37. The monoisotopic (exact) mass is 247 g/mol. The summed E-state index contributed by atoms with van der Waals surface area (Å²) in [6.07, 6.45) is 4.06. The SMILES string of the molecule is COc1ccc2c(c1)OCC1(CCCC1)C(=O)N2. The second-order valence-corrected chi connectivity index (χ2v) is 5.09. The van der Waals surface area contributed by atoms with Crippen molar-refractivity contribution in [3.63, 3.8) is 0 Å². The topological polar surface area (TPSA) is 47.6 Å². The van der Waals surface area contributed by atoms with Gasteiger partial charge in [0.2, 0.25) is 5.91 Å². The number of methoxy groups -OCH3 is 1. The average Bonchev–Trinajstić information content (AvgIpc) is 2.82. The summed E-state index contributed by atoms with van der Waals surface area (Å²) >= 11 is 0. The van der Waals surface area contributed by atoms with E-state index in [1.54, 1.807) is 7.11 Å². The van der Waals surface area contributed by atoms with Crippen LogP contribution in [0.15, 0.2) is 18.2 Å². The smallest absolute Gasteiger partial charge is 0.234 e. The minimum absolute atomic E-state index is 0.101. The Morgan fingerprint density at radius 1 is 1.33 bits per heavy atom. The van der Waals surface area contributed by atoms with Gasteiger partial charge in [0.1, 0.15) is 18.1 Å². The predicted molar refractivity (Wildman–Crippen MR) is 68.0 cm³/mol. The molecule has 0 saturated heterocycles. The number of rotatable bonds is 1. The molecule has 4 heteroatoms. The van der Waals surface area contributed by atoms with Crippen molar-refractivity contribution in [2.24, 2.45) is 5.41 Å². The van der Waals surface area contributed by atoms with E-state index in [-0.39, 0.29) is 11.3 Å². The summed E-state index contributed by atoms with van der Waals surface area (Å²) in [4.78, 5) is 12.3. The van der Waals surface area contributed by atoms with Gasteiger partial charge in [-0.2, -0.15) is 0 Å². The van der Waals surface area contributed by atoms with Gasteiger partial charge in [0.05, 0.1) is 18.2 Å². The van der Waals surface area contributed by atoms with Gasteiger partial charge in [-0.3, -0.25) is 4.79 Å². The summed E-state index contributed by atoms with van der Waals surface area (Å²) in [5.74, 6) is 1.54. The highest BCUT2D eigenvalue weighted by Crippen LogP contribution is 2.43. The van der Waals surface area contributed by atoms with Gasteiger partial charge in [0.15, 0.2) is 0 Å². The number of benzene rings is 1. The van der Waals surface area contributed by atoms with E-state index in [9.17, 15) is 4.79 Å². The van der Waals surface area contributed by atoms with Crippen molar-refractivity contribution in [1.82, 2.24) is 0 Å². The Bertz CT molecular complexity index is 478. The molecule has 1 N–H and O–H groups in total. The normalized spacial score (nSPS) is 20.8. The molecule has 18 heavy (non-hydrogen) atoms. The van der Waals surface area contributed by atoms with Crippen LogP contribution in [0.4, 0.5) is 5.69 Å². The third kappa shape index (κ3) is 1.72. The van der Waals surface area contributed by atoms with E-state index in [2.05, 4.69) is 5.32 Å². The van der Waals surface area contributed by atoms with Gasteiger partial charge < -0.3 is 14.8 Å². The summed E-state index contributed by atoms with van der Waals surface area (Å²) in [7, 11) is 1.62. The first-order valence-electron chi connectivity index (χ1n) is 6.36.